The molecule has 1 fully saturated rings. The molecule has 0 aliphatic carbocycles. The molecule has 0 spiro atoms. The fraction of sp³-hybridized carbons (Fsp3) is 0.909. The van der Waals surface area contributed by atoms with Gasteiger partial charge in [0, 0.05) is 0 Å². The van der Waals surface area contributed by atoms with Gasteiger partial charge in [-0.1, -0.05) is 13.8 Å². The van der Waals surface area contributed by atoms with Crippen LogP contribution < -0.4 is 10.6 Å². The van der Waals surface area contributed by atoms with Crippen LogP contribution in [0.1, 0.15) is 33.1 Å². The van der Waals surface area contributed by atoms with Crippen molar-refractivity contribution in [2.45, 2.75) is 45.2 Å². The van der Waals surface area contributed by atoms with Gasteiger partial charge in [-0.05, 0) is 31.7 Å². The van der Waals surface area contributed by atoms with Crippen LogP contribution in [-0.2, 0) is 4.79 Å². The summed E-state index contributed by atoms with van der Waals surface area (Å²) in [6.07, 6.45) is 2.80. The zero-order valence-corrected chi connectivity index (χ0v) is 9.62. The van der Waals surface area contributed by atoms with Gasteiger partial charge in [0.25, 0.3) is 0 Å². The van der Waals surface area contributed by atoms with Crippen LogP contribution in [0, 0.1) is 5.92 Å². The van der Waals surface area contributed by atoms with Crippen molar-refractivity contribution < 1.29 is 9.90 Å². The first-order valence-corrected chi connectivity index (χ1v) is 5.82. The van der Waals surface area contributed by atoms with Crippen molar-refractivity contribution in [3.8, 4) is 0 Å². The van der Waals surface area contributed by atoms with E-state index < -0.39 is 0 Å². The lowest BCUT2D eigenvalue weighted by atomic mass is 9.94. The molecule has 0 aromatic rings. The molecule has 3 N–H and O–H groups in total. The van der Waals surface area contributed by atoms with E-state index in [2.05, 4.69) is 17.6 Å². The summed E-state index contributed by atoms with van der Waals surface area (Å²) < 4.78 is 0. The molecule has 0 radical (unpaired) electrons. The molecule has 0 aromatic heterocycles. The van der Waals surface area contributed by atoms with Crippen LogP contribution in [0.2, 0.25) is 0 Å². The van der Waals surface area contributed by atoms with Gasteiger partial charge in [-0.3, -0.25) is 4.79 Å². The Bertz CT molecular complexity index is 205. The molecule has 15 heavy (non-hydrogen) atoms. The van der Waals surface area contributed by atoms with E-state index in [1.165, 1.54) is 0 Å². The number of carbonyl (C=O) groups is 1. The number of piperidine rings is 1. The van der Waals surface area contributed by atoms with E-state index in [-0.39, 0.29) is 24.6 Å². The summed E-state index contributed by atoms with van der Waals surface area (Å²) in [5.41, 5.74) is 0. The second-order valence-corrected chi connectivity index (χ2v) is 4.43. The number of nitrogens with one attached hydrogen (secondary N) is 2. The Labute approximate surface area is 91.4 Å². The molecule has 1 aliphatic rings. The van der Waals surface area contributed by atoms with E-state index in [4.69, 9.17) is 5.11 Å². The third kappa shape index (κ3) is 3.80. The smallest absolute Gasteiger partial charge is 0.237 e. The van der Waals surface area contributed by atoms with Gasteiger partial charge >= 0.3 is 0 Å². The van der Waals surface area contributed by atoms with Gasteiger partial charge in [0.15, 0.2) is 0 Å². The minimum atomic E-state index is -0.100. The fourth-order valence-corrected chi connectivity index (χ4v) is 1.89. The Morgan fingerprint density at radius 3 is 2.93 bits per heavy atom. The molecule has 1 aliphatic heterocycles. The highest BCUT2D eigenvalue weighted by atomic mass is 16.3. The standard InChI is InChI=1S/C11H22N2O2/c1-3-9(7-14)13-11(15)10-6-8(2)4-5-12-10/h8-10,12,14H,3-7H2,1-2H3,(H,13,15). The molecule has 3 atom stereocenters. The predicted octanol–water partition coefficient (Wildman–Crippen LogP) is 0.262. The van der Waals surface area contributed by atoms with Crippen LogP contribution in [0.5, 0.6) is 0 Å². The zero-order chi connectivity index (χ0) is 11.3. The number of aliphatic hydroxyl groups is 1. The van der Waals surface area contributed by atoms with Crippen LogP contribution in [0.4, 0.5) is 0 Å². The number of aliphatic hydroxyl groups excluding tert-OH is 1. The molecule has 3 unspecified atom stereocenters. The minimum absolute atomic E-state index is 0.0184. The zero-order valence-electron chi connectivity index (χ0n) is 9.62. The monoisotopic (exact) mass is 214 g/mol. The Balaban J connectivity index is 2.38. The third-order valence-electron chi connectivity index (χ3n) is 3.04. The fourth-order valence-electron chi connectivity index (χ4n) is 1.89. The van der Waals surface area contributed by atoms with Gasteiger partial charge in [0.2, 0.25) is 5.91 Å². The average Bonchev–Trinajstić information content (AvgIpc) is 2.25. The SMILES string of the molecule is CCC(CO)NC(=O)C1CC(C)CCN1. The van der Waals surface area contributed by atoms with Crippen LogP contribution in [-0.4, -0.2) is 36.2 Å². The van der Waals surface area contributed by atoms with Gasteiger partial charge < -0.3 is 15.7 Å². The first kappa shape index (κ1) is 12.5. The van der Waals surface area contributed by atoms with Crippen molar-refractivity contribution in [1.29, 1.82) is 0 Å². The summed E-state index contributed by atoms with van der Waals surface area (Å²) in [6, 6.07) is -0.175. The van der Waals surface area contributed by atoms with Crippen molar-refractivity contribution in [2.75, 3.05) is 13.2 Å². The second-order valence-electron chi connectivity index (χ2n) is 4.43. The molecule has 4 nitrogen and oxygen atoms in total. The number of hydrogen-bond donors (Lipinski definition) is 3. The Kier molecular flexibility index (Phi) is 5.05. The molecule has 0 aromatic carbocycles. The van der Waals surface area contributed by atoms with Crippen molar-refractivity contribution >= 4 is 5.91 Å². The van der Waals surface area contributed by atoms with Gasteiger partial charge in [-0.25, -0.2) is 0 Å². The topological polar surface area (TPSA) is 61.4 Å². The highest BCUT2D eigenvalue weighted by Crippen LogP contribution is 2.15. The second kappa shape index (κ2) is 6.08. The lowest BCUT2D eigenvalue weighted by molar-refractivity contribution is -0.125. The summed E-state index contributed by atoms with van der Waals surface area (Å²) >= 11 is 0. The molecular weight excluding hydrogens is 192 g/mol. The number of amides is 1. The van der Waals surface area contributed by atoms with Crippen molar-refractivity contribution in [3.05, 3.63) is 0 Å². The van der Waals surface area contributed by atoms with Crippen molar-refractivity contribution in [1.82, 2.24) is 10.6 Å². The van der Waals surface area contributed by atoms with Crippen LogP contribution in [0.3, 0.4) is 0 Å². The number of carbonyl (C=O) groups excluding carboxylic acids is 1. The lowest BCUT2D eigenvalue weighted by Gasteiger charge is -2.28. The molecule has 1 heterocycles. The summed E-state index contributed by atoms with van der Waals surface area (Å²) in [5, 5.41) is 15.1. The van der Waals surface area contributed by atoms with Gasteiger partial charge in [-0.15, -0.1) is 0 Å². The molecule has 0 bridgehead atoms. The Morgan fingerprint density at radius 1 is 1.67 bits per heavy atom. The summed E-state index contributed by atoms with van der Waals surface area (Å²) in [7, 11) is 0. The number of hydrogen-bond acceptors (Lipinski definition) is 3. The maximum Gasteiger partial charge on any atom is 0.237 e. The lowest BCUT2D eigenvalue weighted by Crippen LogP contribution is -2.51. The maximum atomic E-state index is 11.8. The van der Waals surface area contributed by atoms with Crippen molar-refractivity contribution in [2.24, 2.45) is 5.92 Å². The van der Waals surface area contributed by atoms with E-state index in [9.17, 15) is 4.79 Å². The largest absolute Gasteiger partial charge is 0.394 e. The van der Waals surface area contributed by atoms with Gasteiger partial charge in [0.05, 0.1) is 18.7 Å². The number of rotatable bonds is 4. The highest BCUT2D eigenvalue weighted by molar-refractivity contribution is 5.82. The Morgan fingerprint density at radius 2 is 2.40 bits per heavy atom. The van der Waals surface area contributed by atoms with E-state index in [0.29, 0.717) is 5.92 Å². The van der Waals surface area contributed by atoms with Crippen molar-refractivity contribution in [3.63, 3.8) is 0 Å². The molecule has 1 rings (SSSR count). The molecule has 88 valence electrons. The van der Waals surface area contributed by atoms with E-state index in [1.807, 2.05) is 6.92 Å². The average molecular weight is 214 g/mol. The normalized spacial score (nSPS) is 28.5. The molecule has 0 saturated carbocycles. The first-order chi connectivity index (χ1) is 7.17. The quantitative estimate of drug-likeness (QED) is 0.629. The maximum absolute atomic E-state index is 11.8. The van der Waals surface area contributed by atoms with Crippen LogP contribution in [0.25, 0.3) is 0 Å². The summed E-state index contributed by atoms with van der Waals surface area (Å²) in [4.78, 5) is 11.8. The highest BCUT2D eigenvalue weighted by Gasteiger charge is 2.25. The van der Waals surface area contributed by atoms with E-state index in [1.54, 1.807) is 0 Å². The van der Waals surface area contributed by atoms with Crippen LogP contribution in [0.15, 0.2) is 0 Å². The third-order valence-corrected chi connectivity index (χ3v) is 3.04. The van der Waals surface area contributed by atoms with Gasteiger partial charge in [0.1, 0.15) is 0 Å². The van der Waals surface area contributed by atoms with Gasteiger partial charge in [-0.2, -0.15) is 0 Å². The van der Waals surface area contributed by atoms with Crippen LogP contribution >= 0.6 is 0 Å². The molecular formula is C11H22N2O2. The Hall–Kier alpha value is -0.610. The summed E-state index contributed by atoms with van der Waals surface area (Å²) in [6.45, 7) is 5.06. The van der Waals surface area contributed by atoms with E-state index in [0.717, 1.165) is 25.8 Å². The molecule has 1 saturated heterocycles. The first-order valence-electron chi connectivity index (χ1n) is 5.82. The predicted molar refractivity (Wildman–Crippen MR) is 59.5 cm³/mol. The molecule has 1 amide bonds. The molecule has 4 heteroatoms. The van der Waals surface area contributed by atoms with E-state index >= 15 is 0 Å². The minimum Gasteiger partial charge on any atom is -0.394 e. The summed E-state index contributed by atoms with van der Waals surface area (Å²) in [5.74, 6) is 0.638.